The van der Waals surface area contributed by atoms with Crippen molar-refractivity contribution in [3.8, 4) is 11.1 Å². The van der Waals surface area contributed by atoms with Crippen LogP contribution in [0.4, 0.5) is 11.5 Å². The molecular formula is C36H31ClN6O2. The number of anilines is 2. The minimum Gasteiger partial charge on any atom is -0.392 e. The number of hydrogen-bond donors (Lipinski definition) is 2. The van der Waals surface area contributed by atoms with Crippen LogP contribution in [-0.4, -0.2) is 55.4 Å². The number of carbonyl (C=O) groups is 1. The summed E-state index contributed by atoms with van der Waals surface area (Å²) in [7, 11) is 0. The summed E-state index contributed by atoms with van der Waals surface area (Å²) in [6, 6.07) is 20.0. The molecule has 1 fully saturated rings. The zero-order valence-electron chi connectivity index (χ0n) is 24.7. The quantitative estimate of drug-likeness (QED) is 0.178. The fourth-order valence-electron chi connectivity index (χ4n) is 6.14. The molecular weight excluding hydrogens is 584 g/mol. The maximum Gasteiger partial charge on any atom is 0.156 e. The van der Waals surface area contributed by atoms with E-state index in [0.717, 1.165) is 86.8 Å². The van der Waals surface area contributed by atoms with Crippen LogP contribution in [0, 0.1) is 6.92 Å². The molecule has 7 rings (SSSR count). The van der Waals surface area contributed by atoms with Gasteiger partial charge in [0.1, 0.15) is 5.52 Å². The van der Waals surface area contributed by atoms with Gasteiger partial charge in [0.05, 0.1) is 28.0 Å². The number of aldehydes is 1. The first kappa shape index (κ1) is 29.0. The molecule has 0 radical (unpaired) electrons. The van der Waals surface area contributed by atoms with Crippen molar-refractivity contribution in [1.29, 1.82) is 0 Å². The molecule has 45 heavy (non-hydrogen) atoms. The molecule has 2 aromatic carbocycles. The van der Waals surface area contributed by atoms with Crippen LogP contribution in [0.1, 0.15) is 39.2 Å². The van der Waals surface area contributed by atoms with Gasteiger partial charge in [-0.3, -0.25) is 24.6 Å². The predicted octanol–water partition coefficient (Wildman–Crippen LogP) is 6.92. The zero-order chi connectivity index (χ0) is 30.9. The molecule has 1 aliphatic heterocycles. The van der Waals surface area contributed by atoms with E-state index in [1.807, 2.05) is 48.7 Å². The topological polar surface area (TPSA) is 104 Å². The fraction of sp³-hybridized carbons (Fsp3) is 0.194. The summed E-state index contributed by atoms with van der Waals surface area (Å²) in [5.41, 5.74) is 8.93. The number of hydrogen-bond acceptors (Lipinski definition) is 8. The lowest BCUT2D eigenvalue weighted by atomic mass is 9.93. The second-order valence-electron chi connectivity index (χ2n) is 11.5. The number of benzene rings is 2. The first-order chi connectivity index (χ1) is 22.0. The van der Waals surface area contributed by atoms with Crippen molar-refractivity contribution in [2.24, 2.45) is 0 Å². The number of aliphatic hydroxyl groups is 1. The lowest BCUT2D eigenvalue weighted by Crippen LogP contribution is -2.21. The van der Waals surface area contributed by atoms with E-state index in [0.29, 0.717) is 29.4 Å². The number of carbonyl (C=O) groups excluding carboxylic acids is 1. The van der Waals surface area contributed by atoms with Crippen LogP contribution in [0.5, 0.6) is 0 Å². The molecule has 224 valence electrons. The average molecular weight is 615 g/mol. The van der Waals surface area contributed by atoms with Gasteiger partial charge in [-0.25, -0.2) is 4.98 Å². The van der Waals surface area contributed by atoms with Crippen molar-refractivity contribution < 1.29 is 9.90 Å². The van der Waals surface area contributed by atoms with E-state index in [1.165, 1.54) is 0 Å². The minimum atomic E-state index is -0.248. The molecule has 1 atom stereocenters. The van der Waals surface area contributed by atoms with E-state index in [1.54, 1.807) is 18.6 Å². The van der Waals surface area contributed by atoms with Crippen molar-refractivity contribution in [2.45, 2.75) is 32.4 Å². The summed E-state index contributed by atoms with van der Waals surface area (Å²) in [4.78, 5) is 32.0. The van der Waals surface area contributed by atoms with Crippen LogP contribution < -0.4 is 5.32 Å². The van der Waals surface area contributed by atoms with Gasteiger partial charge in [-0.05, 0) is 65.9 Å². The Morgan fingerprint density at radius 2 is 1.73 bits per heavy atom. The molecule has 9 heteroatoms. The lowest BCUT2D eigenvalue weighted by Gasteiger charge is -2.17. The van der Waals surface area contributed by atoms with Gasteiger partial charge in [-0.2, -0.15) is 0 Å². The smallest absolute Gasteiger partial charge is 0.156 e. The molecule has 8 nitrogen and oxygen atoms in total. The highest BCUT2D eigenvalue weighted by molar-refractivity contribution is 6.36. The van der Waals surface area contributed by atoms with E-state index in [4.69, 9.17) is 16.6 Å². The Hall–Kier alpha value is -4.76. The SMILES string of the molecule is Cc1c(Cc2nccc3cc(C=O)cnc23)cccc1-c1cccc(Nc2nccc3cc(CN4CC[C@@H](O)C4)cnc23)c1Cl. The van der Waals surface area contributed by atoms with E-state index in [-0.39, 0.29) is 6.10 Å². The van der Waals surface area contributed by atoms with Crippen LogP contribution in [0.25, 0.3) is 32.9 Å². The molecule has 0 unspecified atom stereocenters. The highest BCUT2D eigenvalue weighted by Gasteiger charge is 2.20. The van der Waals surface area contributed by atoms with Gasteiger partial charge in [0.25, 0.3) is 0 Å². The molecule has 0 amide bonds. The van der Waals surface area contributed by atoms with E-state index in [9.17, 15) is 9.90 Å². The third-order valence-electron chi connectivity index (χ3n) is 8.49. The summed E-state index contributed by atoms with van der Waals surface area (Å²) in [5.74, 6) is 0.632. The van der Waals surface area contributed by atoms with Gasteiger partial charge in [-0.15, -0.1) is 0 Å². The molecule has 2 N–H and O–H groups in total. The first-order valence-electron chi connectivity index (χ1n) is 14.9. The van der Waals surface area contributed by atoms with Gasteiger partial charge in [0.2, 0.25) is 0 Å². The summed E-state index contributed by atoms with van der Waals surface area (Å²) >= 11 is 7.08. The number of nitrogens with one attached hydrogen (secondary N) is 1. The Kier molecular flexibility index (Phi) is 7.94. The second kappa shape index (κ2) is 12.3. The molecule has 6 aromatic rings. The largest absolute Gasteiger partial charge is 0.392 e. The Balaban J connectivity index is 1.17. The number of aromatic nitrogens is 4. The maximum atomic E-state index is 11.2. The third kappa shape index (κ3) is 5.88. The Morgan fingerprint density at radius 3 is 2.56 bits per heavy atom. The van der Waals surface area contributed by atoms with Gasteiger partial charge in [0, 0.05) is 72.7 Å². The fourth-order valence-corrected chi connectivity index (χ4v) is 6.41. The summed E-state index contributed by atoms with van der Waals surface area (Å²) in [5, 5.41) is 15.8. The lowest BCUT2D eigenvalue weighted by molar-refractivity contribution is 0.112. The van der Waals surface area contributed by atoms with Gasteiger partial charge < -0.3 is 10.4 Å². The number of rotatable bonds is 8. The van der Waals surface area contributed by atoms with Crippen molar-refractivity contribution in [3.05, 3.63) is 118 Å². The van der Waals surface area contributed by atoms with Gasteiger partial charge in [0.15, 0.2) is 12.1 Å². The van der Waals surface area contributed by atoms with Crippen LogP contribution >= 0.6 is 11.6 Å². The van der Waals surface area contributed by atoms with Crippen molar-refractivity contribution in [1.82, 2.24) is 24.8 Å². The van der Waals surface area contributed by atoms with Gasteiger partial charge >= 0.3 is 0 Å². The van der Waals surface area contributed by atoms with E-state index < -0.39 is 0 Å². The maximum absolute atomic E-state index is 11.2. The van der Waals surface area contributed by atoms with Crippen LogP contribution in [0.3, 0.4) is 0 Å². The van der Waals surface area contributed by atoms with Crippen LogP contribution in [0.2, 0.25) is 5.02 Å². The Morgan fingerprint density at radius 1 is 0.956 bits per heavy atom. The monoisotopic (exact) mass is 614 g/mol. The molecule has 4 aromatic heterocycles. The highest BCUT2D eigenvalue weighted by Crippen LogP contribution is 2.38. The summed E-state index contributed by atoms with van der Waals surface area (Å²) < 4.78 is 0. The standard InChI is InChI=1S/C36H31ClN6O2/c1-22-25(16-32-34-26(8-11-38-32)15-24(21-44)18-40-34)4-2-5-29(22)30-6-3-7-31(33(30)37)42-36-35-27(9-12-39-36)14-23(17-41-35)19-43-13-10-28(45)20-43/h2-9,11-12,14-15,17-18,21,28,45H,10,13,16,19-20H2,1H3,(H,39,42)/t28-/m1/s1. The summed E-state index contributed by atoms with van der Waals surface area (Å²) in [6.07, 6.45) is 8.96. The van der Waals surface area contributed by atoms with Crippen molar-refractivity contribution >= 4 is 51.2 Å². The van der Waals surface area contributed by atoms with Crippen LogP contribution in [0.15, 0.2) is 85.5 Å². The minimum absolute atomic E-state index is 0.248. The van der Waals surface area contributed by atoms with E-state index >= 15 is 0 Å². The molecule has 0 spiro atoms. The number of likely N-dealkylation sites (tertiary alicyclic amines) is 1. The zero-order valence-corrected chi connectivity index (χ0v) is 25.5. The number of pyridine rings is 4. The predicted molar refractivity (Wildman–Crippen MR) is 178 cm³/mol. The number of halogens is 1. The Bertz CT molecular complexity index is 2070. The number of β-amino-alcohol motifs (C(OH)–C–C–N with tert-alkyl or cyclic N) is 1. The number of fused-ring (bicyclic) bond motifs is 2. The van der Waals surface area contributed by atoms with Crippen molar-refractivity contribution in [3.63, 3.8) is 0 Å². The number of nitrogens with zero attached hydrogens (tertiary/aromatic N) is 5. The molecule has 1 aliphatic rings. The molecule has 0 aliphatic carbocycles. The van der Waals surface area contributed by atoms with Gasteiger partial charge in [-0.1, -0.05) is 41.9 Å². The second-order valence-corrected chi connectivity index (χ2v) is 11.9. The molecule has 1 saturated heterocycles. The molecule has 5 heterocycles. The first-order valence-corrected chi connectivity index (χ1v) is 15.3. The van der Waals surface area contributed by atoms with Crippen LogP contribution in [-0.2, 0) is 13.0 Å². The van der Waals surface area contributed by atoms with E-state index in [2.05, 4.69) is 50.3 Å². The summed E-state index contributed by atoms with van der Waals surface area (Å²) in [6.45, 7) is 4.44. The third-order valence-corrected chi connectivity index (χ3v) is 8.89. The molecule has 0 bridgehead atoms. The normalized spacial score (nSPS) is 15.1. The average Bonchev–Trinajstić information content (AvgIpc) is 3.47. The molecule has 0 saturated carbocycles. The Labute approximate surface area is 265 Å². The highest BCUT2D eigenvalue weighted by atomic mass is 35.5. The number of aliphatic hydroxyl groups excluding tert-OH is 1. The van der Waals surface area contributed by atoms with Crippen molar-refractivity contribution in [2.75, 3.05) is 18.4 Å².